The lowest BCUT2D eigenvalue weighted by molar-refractivity contribution is 0.484. The monoisotopic (exact) mass is 259 g/mol. The van der Waals surface area contributed by atoms with E-state index in [-0.39, 0.29) is 0 Å². The van der Waals surface area contributed by atoms with E-state index in [0.717, 1.165) is 17.9 Å². The number of nitrogens with one attached hydrogen (secondary N) is 1. The molecule has 0 aromatic heterocycles. The Morgan fingerprint density at radius 2 is 2.00 bits per heavy atom. The number of rotatable bonds is 6. The number of aryl methyl sites for hydroxylation is 1. The molecule has 1 aromatic carbocycles. The van der Waals surface area contributed by atoms with E-state index in [1.165, 1.54) is 18.4 Å². The molecule has 3 heteroatoms. The lowest BCUT2D eigenvalue weighted by atomic mass is 10.0. The molecule has 0 fully saturated rings. The molecule has 1 aromatic rings. The largest absolute Gasteiger partial charge is 0.317 e. The van der Waals surface area contributed by atoms with Gasteiger partial charge in [0.15, 0.2) is 0 Å². The van der Waals surface area contributed by atoms with Crippen molar-refractivity contribution >= 4 is 23.2 Å². The number of benzene rings is 1. The Labute approximate surface area is 108 Å². The molecular weight excluding hydrogens is 241 g/mol. The fourth-order valence-corrected chi connectivity index (χ4v) is 2.34. The van der Waals surface area contributed by atoms with Crippen molar-refractivity contribution in [2.45, 2.75) is 38.6 Å². The predicted octanol–water partition coefficient (Wildman–Crippen LogP) is 4.31. The van der Waals surface area contributed by atoms with Gasteiger partial charge in [-0.3, -0.25) is 0 Å². The molecule has 0 aliphatic rings. The van der Waals surface area contributed by atoms with Crippen LogP contribution >= 0.6 is 23.2 Å². The molecule has 1 unspecified atom stereocenters. The van der Waals surface area contributed by atoms with Gasteiger partial charge in [-0.05, 0) is 44.0 Å². The van der Waals surface area contributed by atoms with Crippen LogP contribution in [0.2, 0.25) is 10.0 Å². The van der Waals surface area contributed by atoms with E-state index in [9.17, 15) is 0 Å². The highest BCUT2D eigenvalue weighted by atomic mass is 35.5. The van der Waals surface area contributed by atoms with Gasteiger partial charge >= 0.3 is 0 Å². The van der Waals surface area contributed by atoms with E-state index in [4.69, 9.17) is 23.2 Å². The summed E-state index contributed by atoms with van der Waals surface area (Å²) in [5, 5.41) is 4.81. The maximum absolute atomic E-state index is 6.13. The summed E-state index contributed by atoms with van der Waals surface area (Å²) >= 11 is 12.0. The van der Waals surface area contributed by atoms with Crippen molar-refractivity contribution in [1.82, 2.24) is 5.32 Å². The van der Waals surface area contributed by atoms with Crippen molar-refractivity contribution in [1.29, 1.82) is 0 Å². The summed E-state index contributed by atoms with van der Waals surface area (Å²) in [6.45, 7) is 2.21. The summed E-state index contributed by atoms with van der Waals surface area (Å²) in [5.74, 6) is 0. The van der Waals surface area contributed by atoms with Crippen LogP contribution in [0.1, 0.15) is 31.7 Å². The van der Waals surface area contributed by atoms with Gasteiger partial charge in [0.2, 0.25) is 0 Å². The van der Waals surface area contributed by atoms with E-state index in [1.54, 1.807) is 0 Å². The quantitative estimate of drug-likeness (QED) is 0.803. The topological polar surface area (TPSA) is 12.0 Å². The number of halogens is 2. The molecule has 16 heavy (non-hydrogen) atoms. The van der Waals surface area contributed by atoms with E-state index in [1.807, 2.05) is 25.2 Å². The van der Waals surface area contributed by atoms with Gasteiger partial charge in [-0.2, -0.15) is 0 Å². The van der Waals surface area contributed by atoms with Crippen LogP contribution in [-0.2, 0) is 6.42 Å². The second-order valence-electron chi connectivity index (χ2n) is 4.05. The molecule has 0 spiro atoms. The third-order valence-electron chi connectivity index (χ3n) is 2.82. The van der Waals surface area contributed by atoms with Crippen molar-refractivity contribution in [3.8, 4) is 0 Å². The van der Waals surface area contributed by atoms with Crippen molar-refractivity contribution in [3.63, 3.8) is 0 Å². The van der Waals surface area contributed by atoms with E-state index >= 15 is 0 Å². The Kier molecular flexibility index (Phi) is 6.18. The Hall–Kier alpha value is -0.240. The Morgan fingerprint density at radius 3 is 2.56 bits per heavy atom. The molecule has 1 atom stereocenters. The Bertz CT molecular complexity index is 326. The molecule has 1 N–H and O–H groups in total. The highest BCUT2D eigenvalue weighted by molar-refractivity contribution is 6.35. The first-order valence-electron chi connectivity index (χ1n) is 5.78. The van der Waals surface area contributed by atoms with Crippen LogP contribution in [-0.4, -0.2) is 13.1 Å². The van der Waals surface area contributed by atoms with Crippen LogP contribution in [0.15, 0.2) is 18.2 Å². The van der Waals surface area contributed by atoms with Crippen LogP contribution in [0.4, 0.5) is 0 Å². The minimum Gasteiger partial charge on any atom is -0.317 e. The standard InChI is InChI=1S/C13H19Cl2N/c1-3-4-12(16-2)8-6-10-5-7-11(14)9-13(10)15/h5,7,9,12,16H,3-4,6,8H2,1-2H3. The summed E-state index contributed by atoms with van der Waals surface area (Å²) in [7, 11) is 2.02. The maximum Gasteiger partial charge on any atom is 0.0452 e. The first-order chi connectivity index (χ1) is 7.67. The zero-order valence-electron chi connectivity index (χ0n) is 9.89. The minimum atomic E-state index is 0.580. The molecular formula is C13H19Cl2N. The van der Waals surface area contributed by atoms with Gasteiger partial charge in [-0.25, -0.2) is 0 Å². The summed E-state index contributed by atoms with van der Waals surface area (Å²) < 4.78 is 0. The van der Waals surface area contributed by atoms with Crippen LogP contribution in [0.3, 0.4) is 0 Å². The van der Waals surface area contributed by atoms with Crippen LogP contribution in [0, 0.1) is 0 Å². The fraction of sp³-hybridized carbons (Fsp3) is 0.538. The fourth-order valence-electron chi connectivity index (χ4n) is 1.84. The molecule has 0 aliphatic carbocycles. The van der Waals surface area contributed by atoms with Gasteiger partial charge in [0.1, 0.15) is 0 Å². The third kappa shape index (κ3) is 4.32. The second kappa shape index (κ2) is 7.16. The Morgan fingerprint density at radius 1 is 1.25 bits per heavy atom. The molecule has 0 saturated carbocycles. The first kappa shape index (κ1) is 13.8. The van der Waals surface area contributed by atoms with E-state index < -0.39 is 0 Å². The molecule has 0 aliphatic heterocycles. The maximum atomic E-state index is 6.13. The Balaban J connectivity index is 2.53. The van der Waals surface area contributed by atoms with Crippen LogP contribution in [0.25, 0.3) is 0 Å². The zero-order valence-corrected chi connectivity index (χ0v) is 11.4. The minimum absolute atomic E-state index is 0.580. The van der Waals surface area contributed by atoms with Crippen molar-refractivity contribution in [2.75, 3.05) is 7.05 Å². The van der Waals surface area contributed by atoms with Crippen LogP contribution in [0.5, 0.6) is 0 Å². The SMILES string of the molecule is CCCC(CCc1ccc(Cl)cc1Cl)NC. The lowest BCUT2D eigenvalue weighted by Crippen LogP contribution is -2.25. The highest BCUT2D eigenvalue weighted by Gasteiger charge is 2.07. The van der Waals surface area contributed by atoms with Gasteiger partial charge in [0, 0.05) is 16.1 Å². The summed E-state index contributed by atoms with van der Waals surface area (Å²) in [5.41, 5.74) is 1.18. The molecule has 0 heterocycles. The average Bonchev–Trinajstić information content (AvgIpc) is 2.26. The van der Waals surface area contributed by atoms with Gasteiger partial charge in [-0.15, -0.1) is 0 Å². The van der Waals surface area contributed by atoms with Crippen molar-refractivity contribution < 1.29 is 0 Å². The molecule has 1 rings (SSSR count). The van der Waals surface area contributed by atoms with Crippen molar-refractivity contribution in [2.24, 2.45) is 0 Å². The first-order valence-corrected chi connectivity index (χ1v) is 6.54. The molecule has 0 amide bonds. The van der Waals surface area contributed by atoms with Gasteiger partial charge in [0.25, 0.3) is 0 Å². The highest BCUT2D eigenvalue weighted by Crippen LogP contribution is 2.22. The van der Waals surface area contributed by atoms with E-state index in [2.05, 4.69) is 12.2 Å². The summed E-state index contributed by atoms with van der Waals surface area (Å²) in [4.78, 5) is 0. The third-order valence-corrected chi connectivity index (χ3v) is 3.41. The molecule has 1 nitrogen and oxygen atoms in total. The van der Waals surface area contributed by atoms with Gasteiger partial charge in [0.05, 0.1) is 0 Å². The summed E-state index contributed by atoms with van der Waals surface area (Å²) in [6.07, 6.45) is 4.54. The molecule has 0 radical (unpaired) electrons. The number of hydrogen-bond donors (Lipinski definition) is 1. The smallest absolute Gasteiger partial charge is 0.0452 e. The zero-order chi connectivity index (χ0) is 12.0. The lowest BCUT2D eigenvalue weighted by Gasteiger charge is -2.15. The molecule has 90 valence electrons. The van der Waals surface area contributed by atoms with Crippen molar-refractivity contribution in [3.05, 3.63) is 33.8 Å². The van der Waals surface area contributed by atoms with E-state index in [0.29, 0.717) is 11.1 Å². The normalized spacial score (nSPS) is 12.8. The molecule has 0 saturated heterocycles. The number of hydrogen-bond acceptors (Lipinski definition) is 1. The summed E-state index contributed by atoms with van der Waals surface area (Å²) in [6, 6.07) is 6.31. The van der Waals surface area contributed by atoms with Gasteiger partial charge < -0.3 is 5.32 Å². The average molecular weight is 260 g/mol. The van der Waals surface area contributed by atoms with Gasteiger partial charge in [-0.1, -0.05) is 42.6 Å². The predicted molar refractivity (Wildman–Crippen MR) is 72.5 cm³/mol. The molecule has 0 bridgehead atoms. The van der Waals surface area contributed by atoms with Crippen LogP contribution < -0.4 is 5.32 Å². The second-order valence-corrected chi connectivity index (χ2v) is 4.89.